The van der Waals surface area contributed by atoms with Crippen molar-refractivity contribution in [2.24, 2.45) is 12.5 Å². The van der Waals surface area contributed by atoms with Gasteiger partial charge in [-0.15, -0.1) is 11.3 Å². The Bertz CT molecular complexity index is 1590. The standard InChI is InChI=1S/C28H32FN7OS/c1-16(2)19-12-35(5)26(37)22-17(3)24(38-25(19)22)23-20(29)11-31-27(33-23)32-21-7-6-18(10-30-21)36-14-28(15-36)8-9-34(4)13-28/h6-7,10-12,16H,8-9,13-15H2,1-5H3,(H,30,31,32,33). The maximum absolute atomic E-state index is 15.0. The molecule has 4 aromatic rings. The monoisotopic (exact) mass is 533 g/mol. The molecule has 38 heavy (non-hydrogen) atoms. The SMILES string of the molecule is Cc1c(-c2nc(Nc3ccc(N4CC5(CCN(C)C5)C4)cn3)ncc2F)sc2c(C(C)C)cn(C)c(=O)c12. The third-order valence-corrected chi connectivity index (χ3v) is 9.24. The molecule has 6 rings (SSSR count). The number of pyridine rings is 2. The Hall–Kier alpha value is -3.37. The minimum atomic E-state index is -0.527. The summed E-state index contributed by atoms with van der Waals surface area (Å²) in [5.74, 6) is 0.539. The number of rotatable bonds is 5. The molecule has 2 aliphatic heterocycles. The second-order valence-electron chi connectivity index (χ2n) is 11.2. The molecule has 0 aromatic carbocycles. The highest BCUT2D eigenvalue weighted by Crippen LogP contribution is 2.42. The summed E-state index contributed by atoms with van der Waals surface area (Å²) in [6.07, 6.45) is 6.16. The summed E-state index contributed by atoms with van der Waals surface area (Å²) in [5, 5.41) is 3.74. The maximum atomic E-state index is 15.0. The van der Waals surface area contributed by atoms with Crippen LogP contribution < -0.4 is 15.8 Å². The van der Waals surface area contributed by atoms with Gasteiger partial charge in [-0.25, -0.2) is 19.3 Å². The number of hydrogen-bond acceptors (Lipinski definition) is 8. The van der Waals surface area contributed by atoms with Crippen LogP contribution in [0.2, 0.25) is 0 Å². The smallest absolute Gasteiger partial charge is 0.259 e. The van der Waals surface area contributed by atoms with Crippen molar-refractivity contribution >= 4 is 38.9 Å². The molecular weight excluding hydrogens is 501 g/mol. The molecule has 0 bridgehead atoms. The lowest BCUT2D eigenvalue weighted by molar-refractivity contribution is 0.218. The van der Waals surface area contributed by atoms with Crippen molar-refractivity contribution in [3.63, 3.8) is 0 Å². The van der Waals surface area contributed by atoms with Crippen LogP contribution in [-0.2, 0) is 7.05 Å². The minimum absolute atomic E-state index is 0.0884. The van der Waals surface area contributed by atoms with Crippen LogP contribution in [0, 0.1) is 18.2 Å². The zero-order chi connectivity index (χ0) is 26.8. The first kappa shape index (κ1) is 24.9. The van der Waals surface area contributed by atoms with Gasteiger partial charge in [0.25, 0.3) is 5.56 Å². The predicted octanol–water partition coefficient (Wildman–Crippen LogP) is 4.91. The molecule has 0 radical (unpaired) electrons. The number of nitrogens with one attached hydrogen (secondary N) is 1. The summed E-state index contributed by atoms with van der Waals surface area (Å²) in [6.45, 7) is 10.5. The van der Waals surface area contributed by atoms with E-state index >= 15 is 4.39 Å². The zero-order valence-corrected chi connectivity index (χ0v) is 23.2. The Morgan fingerprint density at radius 2 is 1.92 bits per heavy atom. The van der Waals surface area contributed by atoms with Crippen molar-refractivity contribution in [1.82, 2.24) is 24.4 Å². The molecule has 2 aliphatic rings. The van der Waals surface area contributed by atoms with E-state index in [9.17, 15) is 4.79 Å². The third kappa shape index (κ3) is 4.16. The van der Waals surface area contributed by atoms with Crippen molar-refractivity contribution in [3.05, 3.63) is 58.0 Å². The number of aryl methyl sites for hydroxylation is 2. The lowest BCUT2D eigenvalue weighted by Crippen LogP contribution is -2.57. The number of nitrogens with zero attached hydrogens (tertiary/aromatic N) is 6. The molecular formula is C28H32FN7OS. The van der Waals surface area contributed by atoms with Crippen LogP contribution in [0.3, 0.4) is 0 Å². The van der Waals surface area contributed by atoms with Crippen LogP contribution in [0.25, 0.3) is 20.7 Å². The molecule has 0 amide bonds. The fourth-order valence-electron chi connectivity index (χ4n) is 5.82. The van der Waals surface area contributed by atoms with Crippen LogP contribution in [0.15, 0.2) is 35.5 Å². The number of likely N-dealkylation sites (tertiary alicyclic amines) is 1. The summed E-state index contributed by atoms with van der Waals surface area (Å²) < 4.78 is 17.5. The molecule has 0 aliphatic carbocycles. The summed E-state index contributed by atoms with van der Waals surface area (Å²) in [5.41, 5.74) is 3.41. The van der Waals surface area contributed by atoms with E-state index in [2.05, 4.69) is 51.0 Å². The van der Waals surface area contributed by atoms with E-state index in [-0.39, 0.29) is 23.1 Å². The van der Waals surface area contributed by atoms with Crippen molar-refractivity contribution in [3.8, 4) is 10.6 Å². The summed E-state index contributed by atoms with van der Waals surface area (Å²) in [7, 11) is 3.94. The first-order chi connectivity index (χ1) is 18.1. The van der Waals surface area contributed by atoms with Gasteiger partial charge in [-0.05, 0) is 56.1 Å². The largest absolute Gasteiger partial charge is 0.369 e. The number of thiophene rings is 1. The maximum Gasteiger partial charge on any atom is 0.259 e. The molecule has 1 N–H and O–H groups in total. The minimum Gasteiger partial charge on any atom is -0.369 e. The molecule has 8 nitrogen and oxygen atoms in total. The molecule has 6 heterocycles. The molecule has 2 fully saturated rings. The van der Waals surface area contributed by atoms with E-state index < -0.39 is 5.82 Å². The highest BCUT2D eigenvalue weighted by Gasteiger charge is 2.46. The second kappa shape index (κ2) is 9.13. The molecule has 1 spiro atoms. The first-order valence-corrected chi connectivity index (χ1v) is 13.8. The lowest BCUT2D eigenvalue weighted by atomic mass is 9.79. The normalized spacial score (nSPS) is 17.1. The second-order valence-corrected chi connectivity index (χ2v) is 12.2. The number of aromatic nitrogens is 4. The van der Waals surface area contributed by atoms with Gasteiger partial charge >= 0.3 is 0 Å². The fraction of sp³-hybridized carbons (Fsp3) is 0.429. The Morgan fingerprint density at radius 1 is 1.13 bits per heavy atom. The summed E-state index contributed by atoms with van der Waals surface area (Å²) >= 11 is 1.41. The topological polar surface area (TPSA) is 79.2 Å². The predicted molar refractivity (Wildman–Crippen MR) is 151 cm³/mol. The fourth-order valence-corrected chi connectivity index (χ4v) is 7.27. The molecule has 198 valence electrons. The van der Waals surface area contributed by atoms with Crippen LogP contribution in [0.5, 0.6) is 0 Å². The summed E-state index contributed by atoms with van der Waals surface area (Å²) in [4.78, 5) is 31.6. The van der Waals surface area contributed by atoms with E-state index in [4.69, 9.17) is 0 Å². The lowest BCUT2D eigenvalue weighted by Gasteiger charge is -2.49. The molecule has 10 heteroatoms. The van der Waals surface area contributed by atoms with Crippen LogP contribution >= 0.6 is 11.3 Å². The van der Waals surface area contributed by atoms with E-state index in [1.165, 1.54) is 30.5 Å². The Labute approximate surface area is 225 Å². The van der Waals surface area contributed by atoms with Gasteiger partial charge in [0, 0.05) is 43.0 Å². The third-order valence-electron chi connectivity index (χ3n) is 7.89. The zero-order valence-electron chi connectivity index (χ0n) is 22.4. The number of hydrogen-bond donors (Lipinski definition) is 1. The average Bonchev–Trinajstić information content (AvgIpc) is 3.42. The van der Waals surface area contributed by atoms with Gasteiger partial charge in [-0.2, -0.15) is 0 Å². The van der Waals surface area contributed by atoms with Gasteiger partial charge in [0.15, 0.2) is 5.82 Å². The molecule has 0 unspecified atom stereocenters. The highest BCUT2D eigenvalue weighted by molar-refractivity contribution is 7.22. The van der Waals surface area contributed by atoms with Gasteiger partial charge in [-0.1, -0.05) is 13.8 Å². The average molecular weight is 534 g/mol. The molecule has 2 saturated heterocycles. The molecule has 4 aromatic heterocycles. The Morgan fingerprint density at radius 3 is 2.58 bits per heavy atom. The van der Waals surface area contributed by atoms with E-state index in [1.54, 1.807) is 11.6 Å². The Balaban J connectivity index is 1.26. The van der Waals surface area contributed by atoms with Crippen LogP contribution in [0.1, 0.15) is 37.3 Å². The quantitative estimate of drug-likeness (QED) is 0.391. The van der Waals surface area contributed by atoms with E-state index in [0.29, 0.717) is 21.5 Å². The summed E-state index contributed by atoms with van der Waals surface area (Å²) in [6, 6.07) is 3.95. The van der Waals surface area contributed by atoms with Crippen molar-refractivity contribution in [2.45, 2.75) is 33.1 Å². The van der Waals surface area contributed by atoms with Crippen molar-refractivity contribution < 1.29 is 4.39 Å². The van der Waals surface area contributed by atoms with Gasteiger partial charge in [0.05, 0.1) is 28.3 Å². The number of anilines is 3. The van der Waals surface area contributed by atoms with Crippen LogP contribution in [0.4, 0.5) is 21.8 Å². The number of halogens is 1. The van der Waals surface area contributed by atoms with Gasteiger partial charge in [0.1, 0.15) is 11.5 Å². The van der Waals surface area contributed by atoms with E-state index in [1.807, 2.05) is 31.5 Å². The first-order valence-electron chi connectivity index (χ1n) is 13.0. The van der Waals surface area contributed by atoms with E-state index in [0.717, 1.165) is 41.1 Å². The van der Waals surface area contributed by atoms with Gasteiger partial charge in [0.2, 0.25) is 5.95 Å². The van der Waals surface area contributed by atoms with Crippen molar-refractivity contribution in [1.29, 1.82) is 0 Å². The van der Waals surface area contributed by atoms with Gasteiger partial charge < -0.3 is 19.7 Å². The highest BCUT2D eigenvalue weighted by atomic mass is 32.1. The number of fused-ring (bicyclic) bond motifs is 1. The molecule has 0 atom stereocenters. The Kier molecular flexibility index (Phi) is 5.99. The van der Waals surface area contributed by atoms with Crippen LogP contribution in [-0.4, -0.2) is 57.6 Å². The molecule has 0 saturated carbocycles. The van der Waals surface area contributed by atoms with Crippen molar-refractivity contribution in [2.75, 3.05) is 43.4 Å². The van der Waals surface area contributed by atoms with Gasteiger partial charge in [-0.3, -0.25) is 4.79 Å².